The first-order valence-corrected chi connectivity index (χ1v) is 9.44. The highest BCUT2D eigenvalue weighted by Gasteiger charge is 2.16. The Morgan fingerprint density at radius 3 is 2.69 bits per heavy atom. The van der Waals surface area contributed by atoms with Gasteiger partial charge in [-0.15, -0.1) is 11.3 Å². The van der Waals surface area contributed by atoms with Gasteiger partial charge in [-0.25, -0.2) is 9.97 Å². The van der Waals surface area contributed by atoms with Crippen molar-refractivity contribution in [2.75, 3.05) is 11.9 Å². The molecule has 0 unspecified atom stereocenters. The molecule has 0 spiro atoms. The van der Waals surface area contributed by atoms with Crippen molar-refractivity contribution < 1.29 is 0 Å². The quantitative estimate of drug-likeness (QED) is 0.490. The molecule has 130 valence electrons. The Balaban J connectivity index is 1.52. The van der Waals surface area contributed by atoms with Crippen molar-refractivity contribution in [1.82, 2.24) is 19.5 Å². The SMILES string of the molecule is c1ccc(-c2ncn(CCCNc3cccnc3)c2-c2nccs2)cc1. The number of hydrogen-bond acceptors (Lipinski definition) is 5. The fourth-order valence-corrected chi connectivity index (χ4v) is 3.57. The molecule has 0 amide bonds. The molecule has 0 atom stereocenters. The number of anilines is 1. The number of imidazole rings is 1. The molecule has 4 aromatic rings. The van der Waals surface area contributed by atoms with Gasteiger partial charge >= 0.3 is 0 Å². The second kappa shape index (κ2) is 7.93. The maximum absolute atomic E-state index is 4.68. The van der Waals surface area contributed by atoms with Gasteiger partial charge in [0, 0.05) is 42.6 Å². The van der Waals surface area contributed by atoms with Gasteiger partial charge in [-0.2, -0.15) is 0 Å². The molecular formula is C20H19N5S. The van der Waals surface area contributed by atoms with Gasteiger partial charge in [0.25, 0.3) is 0 Å². The normalized spacial score (nSPS) is 10.8. The predicted molar refractivity (Wildman–Crippen MR) is 106 cm³/mol. The maximum atomic E-state index is 4.68. The molecule has 4 rings (SSSR count). The molecular weight excluding hydrogens is 342 g/mol. The maximum Gasteiger partial charge on any atom is 0.142 e. The second-order valence-electron chi connectivity index (χ2n) is 5.86. The van der Waals surface area contributed by atoms with Crippen LogP contribution in [0.15, 0.2) is 72.8 Å². The molecule has 6 heteroatoms. The summed E-state index contributed by atoms with van der Waals surface area (Å²) in [5.41, 5.74) is 4.24. The molecule has 0 saturated carbocycles. The van der Waals surface area contributed by atoms with E-state index in [9.17, 15) is 0 Å². The molecule has 1 N–H and O–H groups in total. The topological polar surface area (TPSA) is 55.6 Å². The molecule has 0 aliphatic heterocycles. The third-order valence-electron chi connectivity index (χ3n) is 4.09. The lowest BCUT2D eigenvalue weighted by atomic mass is 10.1. The highest BCUT2D eigenvalue weighted by Crippen LogP contribution is 2.32. The predicted octanol–water partition coefficient (Wildman–Crippen LogP) is 4.57. The summed E-state index contributed by atoms with van der Waals surface area (Å²) < 4.78 is 2.20. The molecule has 3 aromatic heterocycles. The fourth-order valence-electron chi connectivity index (χ4n) is 2.87. The van der Waals surface area contributed by atoms with Gasteiger partial charge in [-0.1, -0.05) is 30.3 Å². The standard InChI is InChI=1S/C20H19N5S/c1-2-6-16(7-3-1)18-19(20-23-11-13-26-20)25(15-24-18)12-5-10-22-17-8-4-9-21-14-17/h1-4,6-9,11,13-15,22H,5,10,12H2. The van der Waals surface area contributed by atoms with Gasteiger partial charge in [0.05, 0.1) is 17.7 Å². The largest absolute Gasteiger partial charge is 0.384 e. The Kier molecular flexibility index (Phi) is 5.02. The molecule has 5 nitrogen and oxygen atoms in total. The molecule has 0 bridgehead atoms. The number of nitrogens with zero attached hydrogens (tertiary/aromatic N) is 4. The number of pyridine rings is 1. The van der Waals surface area contributed by atoms with Crippen LogP contribution < -0.4 is 5.32 Å². The highest BCUT2D eigenvalue weighted by atomic mass is 32.1. The molecule has 3 heterocycles. The average Bonchev–Trinajstić information content (AvgIpc) is 3.36. The van der Waals surface area contributed by atoms with Gasteiger partial charge < -0.3 is 9.88 Å². The molecule has 26 heavy (non-hydrogen) atoms. The number of hydrogen-bond donors (Lipinski definition) is 1. The fraction of sp³-hybridized carbons (Fsp3) is 0.150. The zero-order valence-electron chi connectivity index (χ0n) is 14.2. The van der Waals surface area contributed by atoms with Crippen LogP contribution in [0.25, 0.3) is 22.0 Å². The Bertz CT molecular complexity index is 933. The van der Waals surface area contributed by atoms with E-state index in [1.165, 1.54) is 0 Å². The first-order chi connectivity index (χ1) is 12.9. The molecule has 1 aromatic carbocycles. The molecule has 0 saturated heterocycles. The van der Waals surface area contributed by atoms with Crippen LogP contribution in [-0.2, 0) is 6.54 Å². The molecule has 0 aliphatic rings. The summed E-state index contributed by atoms with van der Waals surface area (Å²) in [6, 6.07) is 14.2. The number of thiazole rings is 1. The van der Waals surface area contributed by atoms with E-state index in [1.54, 1.807) is 17.5 Å². The zero-order chi connectivity index (χ0) is 17.6. The molecule has 0 fully saturated rings. The third kappa shape index (κ3) is 3.65. The van der Waals surface area contributed by atoms with E-state index in [1.807, 2.05) is 54.4 Å². The zero-order valence-corrected chi connectivity index (χ0v) is 15.1. The van der Waals surface area contributed by atoms with Crippen LogP contribution in [-0.4, -0.2) is 26.1 Å². The van der Waals surface area contributed by atoms with Gasteiger partial charge in [0.15, 0.2) is 0 Å². The second-order valence-corrected chi connectivity index (χ2v) is 6.76. The minimum atomic E-state index is 0.877. The summed E-state index contributed by atoms with van der Waals surface area (Å²) >= 11 is 1.64. The Morgan fingerprint density at radius 1 is 1.00 bits per heavy atom. The summed E-state index contributed by atoms with van der Waals surface area (Å²) in [5, 5.41) is 6.41. The Labute approximate surface area is 156 Å². The number of benzene rings is 1. The number of aryl methyl sites for hydroxylation is 1. The van der Waals surface area contributed by atoms with Crippen LogP contribution in [0.5, 0.6) is 0 Å². The lowest BCUT2D eigenvalue weighted by Gasteiger charge is -2.09. The van der Waals surface area contributed by atoms with Crippen LogP contribution in [0.1, 0.15) is 6.42 Å². The van der Waals surface area contributed by atoms with E-state index >= 15 is 0 Å². The summed E-state index contributed by atoms with van der Waals surface area (Å²) in [6.45, 7) is 1.75. The molecule has 0 radical (unpaired) electrons. The van der Waals surface area contributed by atoms with Gasteiger partial charge in [0.1, 0.15) is 10.7 Å². The van der Waals surface area contributed by atoms with Crippen molar-refractivity contribution in [2.24, 2.45) is 0 Å². The minimum absolute atomic E-state index is 0.877. The summed E-state index contributed by atoms with van der Waals surface area (Å²) in [6.07, 6.45) is 8.37. The average molecular weight is 361 g/mol. The van der Waals surface area contributed by atoms with E-state index in [4.69, 9.17) is 0 Å². The van der Waals surface area contributed by atoms with Crippen LogP contribution in [0.4, 0.5) is 5.69 Å². The van der Waals surface area contributed by atoms with Crippen molar-refractivity contribution in [1.29, 1.82) is 0 Å². The van der Waals surface area contributed by atoms with Crippen molar-refractivity contribution in [3.05, 3.63) is 72.8 Å². The van der Waals surface area contributed by atoms with Crippen LogP contribution in [0, 0.1) is 0 Å². The summed E-state index contributed by atoms with van der Waals surface area (Å²) in [4.78, 5) is 13.3. The van der Waals surface area contributed by atoms with Crippen LogP contribution >= 0.6 is 11.3 Å². The van der Waals surface area contributed by atoms with Crippen LogP contribution in [0.3, 0.4) is 0 Å². The lowest BCUT2D eigenvalue weighted by molar-refractivity contribution is 0.665. The van der Waals surface area contributed by atoms with Crippen LogP contribution in [0.2, 0.25) is 0 Å². The van der Waals surface area contributed by atoms with E-state index < -0.39 is 0 Å². The third-order valence-corrected chi connectivity index (χ3v) is 4.87. The first kappa shape index (κ1) is 16.5. The van der Waals surface area contributed by atoms with Gasteiger partial charge in [-0.3, -0.25) is 4.98 Å². The minimum Gasteiger partial charge on any atom is -0.384 e. The lowest BCUT2D eigenvalue weighted by Crippen LogP contribution is -2.07. The van der Waals surface area contributed by atoms with Crippen molar-refractivity contribution in [3.63, 3.8) is 0 Å². The number of rotatable bonds is 7. The summed E-state index contributed by atoms with van der Waals surface area (Å²) in [5.74, 6) is 0. The summed E-state index contributed by atoms with van der Waals surface area (Å²) in [7, 11) is 0. The van der Waals surface area contributed by atoms with E-state index in [-0.39, 0.29) is 0 Å². The van der Waals surface area contributed by atoms with E-state index in [2.05, 4.69) is 37.0 Å². The van der Waals surface area contributed by atoms with Crippen molar-refractivity contribution >= 4 is 17.0 Å². The smallest absolute Gasteiger partial charge is 0.142 e. The van der Waals surface area contributed by atoms with E-state index in [0.717, 1.165) is 47.2 Å². The van der Waals surface area contributed by atoms with E-state index in [0.29, 0.717) is 0 Å². The highest BCUT2D eigenvalue weighted by molar-refractivity contribution is 7.13. The monoisotopic (exact) mass is 361 g/mol. The first-order valence-electron chi connectivity index (χ1n) is 8.56. The number of aromatic nitrogens is 4. The van der Waals surface area contributed by atoms with Gasteiger partial charge in [0.2, 0.25) is 0 Å². The van der Waals surface area contributed by atoms with Crippen molar-refractivity contribution in [3.8, 4) is 22.0 Å². The number of nitrogens with one attached hydrogen (secondary N) is 1. The van der Waals surface area contributed by atoms with Crippen molar-refractivity contribution in [2.45, 2.75) is 13.0 Å². The Hall–Kier alpha value is -2.99. The van der Waals surface area contributed by atoms with Gasteiger partial charge in [-0.05, 0) is 18.6 Å². The Morgan fingerprint density at radius 2 is 1.92 bits per heavy atom. The molecule has 0 aliphatic carbocycles.